The number of rotatable bonds is 11. The van der Waals surface area contributed by atoms with Gasteiger partial charge in [0.05, 0.1) is 5.60 Å². The van der Waals surface area contributed by atoms with Gasteiger partial charge in [-0.15, -0.1) is 0 Å². The van der Waals surface area contributed by atoms with E-state index in [9.17, 15) is 4.79 Å². The highest BCUT2D eigenvalue weighted by Gasteiger charge is 2.18. The Bertz CT molecular complexity index is 311. The van der Waals surface area contributed by atoms with Gasteiger partial charge in [0.15, 0.2) is 6.23 Å². The molecule has 0 bridgehead atoms. The normalized spacial score (nSPS) is 13.5. The Labute approximate surface area is 129 Å². The zero-order valence-corrected chi connectivity index (χ0v) is 14.3. The molecule has 0 fully saturated rings. The van der Waals surface area contributed by atoms with E-state index in [4.69, 9.17) is 10.5 Å². The van der Waals surface area contributed by atoms with E-state index >= 15 is 0 Å². The van der Waals surface area contributed by atoms with Gasteiger partial charge < -0.3 is 20.3 Å². The summed E-state index contributed by atoms with van der Waals surface area (Å²) in [6.07, 6.45) is 2.90. The molecular formula is C15H32N4O2. The molecule has 0 aromatic carbocycles. The van der Waals surface area contributed by atoms with Crippen LogP contribution >= 0.6 is 0 Å². The maximum absolute atomic E-state index is 10.5. The Morgan fingerprint density at radius 2 is 1.71 bits per heavy atom. The Hall–Kier alpha value is -0.780. The van der Waals surface area contributed by atoms with Crippen molar-refractivity contribution in [2.45, 2.75) is 45.4 Å². The number of nitrogens with zero attached hydrogens (tertiary/aromatic N) is 3. The van der Waals surface area contributed by atoms with Gasteiger partial charge in [-0.05, 0) is 54.4 Å². The number of aliphatic imine (C=N–C) groups is 1. The van der Waals surface area contributed by atoms with Gasteiger partial charge in [0.1, 0.15) is 0 Å². The molecule has 0 aromatic heterocycles. The standard InChI is InChI=1S/C15H32N4O2/c1-15(2,3)21-14(17-13-20)7-10-19(5)12-11-18(4)9-6-8-16/h14H,6-12,16H2,1-5H3. The van der Waals surface area contributed by atoms with Crippen LogP contribution in [0.3, 0.4) is 0 Å². The number of likely N-dealkylation sites (N-methyl/N-ethyl adjacent to an activating group) is 2. The van der Waals surface area contributed by atoms with Crippen molar-refractivity contribution in [2.24, 2.45) is 10.7 Å². The summed E-state index contributed by atoms with van der Waals surface area (Å²) in [5, 5.41) is 0. The van der Waals surface area contributed by atoms with Crippen LogP contribution in [0.5, 0.6) is 0 Å². The highest BCUT2D eigenvalue weighted by Crippen LogP contribution is 2.14. The minimum atomic E-state index is -0.417. The molecule has 0 heterocycles. The Morgan fingerprint density at radius 3 is 2.19 bits per heavy atom. The Morgan fingerprint density at radius 1 is 1.14 bits per heavy atom. The van der Waals surface area contributed by atoms with Crippen molar-refractivity contribution in [3.05, 3.63) is 0 Å². The summed E-state index contributed by atoms with van der Waals surface area (Å²) in [6, 6.07) is 0. The van der Waals surface area contributed by atoms with Crippen LogP contribution in [-0.4, -0.2) is 74.5 Å². The first-order valence-corrected chi connectivity index (χ1v) is 7.60. The van der Waals surface area contributed by atoms with E-state index in [1.165, 1.54) is 0 Å². The number of carbonyl (C=O) groups excluding carboxylic acids is 1. The lowest BCUT2D eigenvalue weighted by atomic mass is 10.2. The number of isocyanates is 1. The van der Waals surface area contributed by atoms with E-state index in [1.807, 2.05) is 20.8 Å². The fourth-order valence-electron chi connectivity index (χ4n) is 1.87. The fraction of sp³-hybridized carbons (Fsp3) is 0.933. The molecule has 0 saturated heterocycles. The second kappa shape index (κ2) is 10.9. The van der Waals surface area contributed by atoms with Crippen molar-refractivity contribution in [1.29, 1.82) is 0 Å². The molecule has 0 rings (SSSR count). The molecule has 0 radical (unpaired) electrons. The van der Waals surface area contributed by atoms with E-state index in [0.29, 0.717) is 6.42 Å². The predicted octanol–water partition coefficient (Wildman–Crippen LogP) is 1.07. The number of ether oxygens (including phenoxy) is 1. The lowest BCUT2D eigenvalue weighted by molar-refractivity contribution is -0.0607. The minimum absolute atomic E-state index is 0.313. The summed E-state index contributed by atoms with van der Waals surface area (Å²) in [5.74, 6) is 0. The van der Waals surface area contributed by atoms with Crippen LogP contribution in [0.25, 0.3) is 0 Å². The molecule has 1 unspecified atom stereocenters. The van der Waals surface area contributed by atoms with Gasteiger partial charge in [-0.1, -0.05) is 0 Å². The quantitative estimate of drug-likeness (QED) is 0.456. The van der Waals surface area contributed by atoms with Crippen LogP contribution in [0.2, 0.25) is 0 Å². The zero-order valence-electron chi connectivity index (χ0n) is 14.3. The summed E-state index contributed by atoms with van der Waals surface area (Å²) in [5.41, 5.74) is 5.19. The molecule has 2 N–H and O–H groups in total. The van der Waals surface area contributed by atoms with E-state index in [1.54, 1.807) is 6.08 Å². The predicted molar refractivity (Wildman–Crippen MR) is 86.0 cm³/mol. The van der Waals surface area contributed by atoms with Crippen molar-refractivity contribution in [3.8, 4) is 0 Å². The molecular weight excluding hydrogens is 268 g/mol. The number of hydrogen-bond donors (Lipinski definition) is 1. The summed E-state index contributed by atoms with van der Waals surface area (Å²) in [4.78, 5) is 18.7. The third-order valence-corrected chi connectivity index (χ3v) is 3.05. The third-order valence-electron chi connectivity index (χ3n) is 3.05. The van der Waals surface area contributed by atoms with Crippen LogP contribution in [0.1, 0.15) is 33.6 Å². The average Bonchev–Trinajstić information content (AvgIpc) is 2.38. The molecule has 0 aromatic rings. The van der Waals surface area contributed by atoms with Gasteiger partial charge in [0.2, 0.25) is 6.08 Å². The van der Waals surface area contributed by atoms with Crippen molar-refractivity contribution < 1.29 is 9.53 Å². The highest BCUT2D eigenvalue weighted by molar-refractivity contribution is 5.33. The fourth-order valence-corrected chi connectivity index (χ4v) is 1.87. The van der Waals surface area contributed by atoms with Crippen LogP contribution in [0.4, 0.5) is 0 Å². The highest BCUT2D eigenvalue weighted by atomic mass is 16.5. The number of nitrogens with two attached hydrogens (primary N) is 1. The van der Waals surface area contributed by atoms with Gasteiger partial charge in [-0.25, -0.2) is 4.79 Å². The maximum atomic E-state index is 10.5. The van der Waals surface area contributed by atoms with Gasteiger partial charge in [0.25, 0.3) is 0 Å². The van der Waals surface area contributed by atoms with E-state index in [2.05, 4.69) is 28.9 Å². The van der Waals surface area contributed by atoms with Gasteiger partial charge in [-0.2, -0.15) is 4.99 Å². The summed E-state index contributed by atoms with van der Waals surface area (Å²) >= 11 is 0. The van der Waals surface area contributed by atoms with Crippen LogP contribution in [0, 0.1) is 0 Å². The summed E-state index contributed by atoms with van der Waals surface area (Å²) in [6.45, 7) is 10.4. The molecule has 0 saturated carbocycles. The van der Waals surface area contributed by atoms with Crippen LogP contribution < -0.4 is 5.73 Å². The SMILES string of the molecule is CN(CCCN)CCN(C)CCC(N=C=O)OC(C)(C)C. The number of hydrogen-bond acceptors (Lipinski definition) is 6. The van der Waals surface area contributed by atoms with Gasteiger partial charge >= 0.3 is 0 Å². The minimum Gasteiger partial charge on any atom is -0.350 e. The molecule has 21 heavy (non-hydrogen) atoms. The van der Waals surface area contributed by atoms with Gasteiger partial charge in [0, 0.05) is 26.1 Å². The maximum Gasteiger partial charge on any atom is 0.237 e. The molecule has 0 aliphatic carbocycles. The largest absolute Gasteiger partial charge is 0.350 e. The second-order valence-electron chi connectivity index (χ2n) is 6.44. The van der Waals surface area contributed by atoms with Crippen LogP contribution in [0.15, 0.2) is 4.99 Å². The molecule has 0 spiro atoms. The summed E-state index contributed by atoms with van der Waals surface area (Å²) < 4.78 is 5.73. The molecule has 6 heteroatoms. The van der Waals surface area contributed by atoms with Crippen molar-refractivity contribution in [3.63, 3.8) is 0 Å². The topological polar surface area (TPSA) is 71.2 Å². The smallest absolute Gasteiger partial charge is 0.237 e. The van der Waals surface area contributed by atoms with Gasteiger partial charge in [-0.3, -0.25) is 0 Å². The lowest BCUT2D eigenvalue weighted by Gasteiger charge is -2.26. The third kappa shape index (κ3) is 12.7. The van der Waals surface area contributed by atoms with Crippen molar-refractivity contribution in [2.75, 3.05) is 46.8 Å². The summed E-state index contributed by atoms with van der Waals surface area (Å²) in [7, 11) is 4.17. The first-order valence-electron chi connectivity index (χ1n) is 7.60. The molecule has 0 amide bonds. The molecule has 124 valence electrons. The van der Waals surface area contributed by atoms with Crippen LogP contribution in [-0.2, 0) is 9.53 Å². The van der Waals surface area contributed by atoms with E-state index < -0.39 is 6.23 Å². The van der Waals surface area contributed by atoms with Crippen molar-refractivity contribution in [1.82, 2.24) is 9.80 Å². The Balaban J connectivity index is 4.02. The van der Waals surface area contributed by atoms with Crippen molar-refractivity contribution >= 4 is 6.08 Å². The Kier molecular flexibility index (Phi) is 10.5. The zero-order chi connectivity index (χ0) is 16.3. The lowest BCUT2D eigenvalue weighted by Crippen LogP contribution is -2.34. The second-order valence-corrected chi connectivity index (χ2v) is 6.44. The molecule has 6 nitrogen and oxygen atoms in total. The first kappa shape index (κ1) is 20.2. The first-order chi connectivity index (χ1) is 9.78. The molecule has 0 aliphatic rings. The average molecular weight is 300 g/mol. The molecule has 0 aliphatic heterocycles. The van der Waals surface area contributed by atoms with E-state index in [-0.39, 0.29) is 5.60 Å². The monoisotopic (exact) mass is 300 g/mol. The van der Waals surface area contributed by atoms with E-state index in [0.717, 1.165) is 39.1 Å². The molecule has 1 atom stereocenters.